The van der Waals surface area contributed by atoms with Crippen molar-refractivity contribution < 1.29 is 9.47 Å². The van der Waals surface area contributed by atoms with Crippen LogP contribution in [0.15, 0.2) is 97.1 Å². The molecule has 1 heterocycles. The maximum absolute atomic E-state index is 5.40. The molecule has 0 aliphatic carbocycles. The molecule has 0 aromatic heterocycles. The van der Waals surface area contributed by atoms with Crippen molar-refractivity contribution >= 4 is 0 Å². The number of hydrogen-bond donors (Lipinski definition) is 0. The van der Waals surface area contributed by atoms with Crippen molar-refractivity contribution in [2.75, 3.05) is 13.2 Å². The van der Waals surface area contributed by atoms with Gasteiger partial charge in [0, 0.05) is 0 Å². The average Bonchev–Trinajstić information content (AvgIpc) is 3.98. The molecule has 262 valence electrons. The van der Waals surface area contributed by atoms with E-state index in [1.54, 1.807) is 0 Å². The molecule has 0 amide bonds. The topological polar surface area (TPSA) is 21.8 Å². The minimum absolute atomic E-state index is 0.343. The molecule has 1 unspecified atom stereocenters. The van der Waals surface area contributed by atoms with Crippen molar-refractivity contribution in [1.29, 1.82) is 0 Å². The zero-order chi connectivity index (χ0) is 36.3. The first-order valence-corrected chi connectivity index (χ1v) is 18.0. The van der Waals surface area contributed by atoms with Crippen LogP contribution in [0.4, 0.5) is 0 Å². The standard InChI is InChI=1S/C9H10O2.C7H8.C6H6.2C3H8.7C2H6/c1-2-4-8(5-3-1)10-6-9-7-11-9;1-7-5-3-2-4-6-7;1-2-4-6-5-3-1;2*1-3-2;7*1-2/h1-5,9H,6-7H2;2-6H,1H3;1-6H;2*3H2,1-2H3;7*1-2H3. The summed E-state index contributed by atoms with van der Waals surface area (Å²) in [6.45, 7) is 40.1. The minimum Gasteiger partial charge on any atom is -0.491 e. The Bertz CT molecular complexity index is 637. The van der Waals surface area contributed by atoms with Crippen molar-refractivity contribution in [2.45, 2.75) is 150 Å². The van der Waals surface area contributed by atoms with Gasteiger partial charge < -0.3 is 9.47 Å². The van der Waals surface area contributed by atoms with Gasteiger partial charge >= 0.3 is 0 Å². The molecular formula is C42H82O2. The Labute approximate surface area is 281 Å². The van der Waals surface area contributed by atoms with Crippen LogP contribution in [0, 0.1) is 6.92 Å². The van der Waals surface area contributed by atoms with Crippen LogP contribution in [-0.4, -0.2) is 19.3 Å². The van der Waals surface area contributed by atoms with Crippen LogP contribution in [0.1, 0.15) is 143 Å². The van der Waals surface area contributed by atoms with E-state index in [1.165, 1.54) is 18.4 Å². The molecule has 0 bridgehead atoms. The van der Waals surface area contributed by atoms with Crippen LogP contribution in [0.25, 0.3) is 0 Å². The van der Waals surface area contributed by atoms with Gasteiger partial charge in [0.1, 0.15) is 18.5 Å². The van der Waals surface area contributed by atoms with Gasteiger partial charge in [-0.1, -0.05) is 228 Å². The molecule has 1 fully saturated rings. The molecule has 44 heavy (non-hydrogen) atoms. The third kappa shape index (κ3) is 77.4. The highest BCUT2D eigenvalue weighted by molar-refractivity contribution is 5.21. The van der Waals surface area contributed by atoms with Crippen molar-refractivity contribution in [1.82, 2.24) is 0 Å². The Morgan fingerprint density at radius 3 is 0.909 bits per heavy atom. The average molecular weight is 619 g/mol. The van der Waals surface area contributed by atoms with E-state index in [0.29, 0.717) is 12.7 Å². The van der Waals surface area contributed by atoms with Crippen LogP contribution < -0.4 is 4.74 Å². The molecule has 0 N–H and O–H groups in total. The van der Waals surface area contributed by atoms with Crippen LogP contribution >= 0.6 is 0 Å². The van der Waals surface area contributed by atoms with E-state index in [0.717, 1.165) is 12.4 Å². The molecule has 1 aliphatic heterocycles. The number of benzene rings is 3. The molecule has 0 spiro atoms. The zero-order valence-corrected chi connectivity index (χ0v) is 33.5. The highest BCUT2D eigenvalue weighted by Crippen LogP contribution is 2.13. The molecule has 3 aromatic carbocycles. The summed E-state index contributed by atoms with van der Waals surface area (Å²) in [6, 6.07) is 32.1. The first-order valence-electron chi connectivity index (χ1n) is 18.0. The highest BCUT2D eigenvalue weighted by Gasteiger charge is 2.22. The van der Waals surface area contributed by atoms with Gasteiger partial charge in [-0.25, -0.2) is 0 Å². The predicted octanol–water partition coefficient (Wildman–Crippen LogP) is 15.2. The second-order valence-corrected chi connectivity index (χ2v) is 6.80. The van der Waals surface area contributed by atoms with E-state index in [-0.39, 0.29) is 0 Å². The Kier molecular flexibility index (Phi) is 107. The van der Waals surface area contributed by atoms with Crippen LogP contribution in [0.2, 0.25) is 0 Å². The van der Waals surface area contributed by atoms with Gasteiger partial charge in [-0.2, -0.15) is 0 Å². The number of rotatable bonds is 3. The summed E-state index contributed by atoms with van der Waals surface area (Å²) in [5.74, 6) is 0.919. The fourth-order valence-electron chi connectivity index (χ4n) is 1.79. The molecule has 3 aromatic rings. The van der Waals surface area contributed by atoms with E-state index in [4.69, 9.17) is 9.47 Å². The molecule has 1 aliphatic rings. The summed E-state index contributed by atoms with van der Waals surface area (Å²) in [5.41, 5.74) is 1.32. The molecule has 2 heteroatoms. The third-order valence-corrected chi connectivity index (χ3v) is 3.19. The first kappa shape index (κ1) is 60.6. The molecular weight excluding hydrogens is 536 g/mol. The summed E-state index contributed by atoms with van der Waals surface area (Å²) >= 11 is 0. The van der Waals surface area contributed by atoms with Gasteiger partial charge in [0.05, 0.1) is 6.61 Å². The fourth-order valence-corrected chi connectivity index (χ4v) is 1.79. The Morgan fingerprint density at radius 2 is 0.705 bits per heavy atom. The fraction of sp³-hybridized carbons (Fsp3) is 0.571. The lowest BCUT2D eigenvalue weighted by Crippen LogP contribution is -2.03. The Hall–Kier alpha value is -2.58. The highest BCUT2D eigenvalue weighted by atomic mass is 16.6. The maximum atomic E-state index is 5.40. The quantitative estimate of drug-likeness (QED) is 0.272. The summed E-state index contributed by atoms with van der Waals surface area (Å²) in [7, 11) is 0. The number of hydrogen-bond acceptors (Lipinski definition) is 2. The maximum Gasteiger partial charge on any atom is 0.119 e. The first-order chi connectivity index (χ1) is 21.7. The second kappa shape index (κ2) is 77.8. The predicted molar refractivity (Wildman–Crippen MR) is 211 cm³/mol. The number of para-hydroxylation sites is 1. The third-order valence-electron chi connectivity index (χ3n) is 3.19. The van der Waals surface area contributed by atoms with E-state index in [2.05, 4.69) is 46.8 Å². The summed E-state index contributed by atoms with van der Waals surface area (Å²) < 4.78 is 10.4. The molecule has 2 nitrogen and oxygen atoms in total. The zero-order valence-electron chi connectivity index (χ0n) is 33.5. The molecule has 1 atom stereocenters. The molecule has 4 rings (SSSR count). The summed E-state index contributed by atoms with van der Waals surface area (Å²) in [5, 5.41) is 0. The van der Waals surface area contributed by atoms with Gasteiger partial charge in [-0.3, -0.25) is 0 Å². The van der Waals surface area contributed by atoms with Crippen molar-refractivity contribution in [3.05, 3.63) is 103 Å². The Morgan fingerprint density at radius 1 is 0.477 bits per heavy atom. The van der Waals surface area contributed by atoms with Gasteiger partial charge in [0.2, 0.25) is 0 Å². The number of aryl methyl sites for hydroxylation is 1. The largest absolute Gasteiger partial charge is 0.491 e. The van der Waals surface area contributed by atoms with Crippen molar-refractivity contribution in [3.63, 3.8) is 0 Å². The van der Waals surface area contributed by atoms with Gasteiger partial charge in [0.15, 0.2) is 0 Å². The van der Waals surface area contributed by atoms with Crippen LogP contribution in [0.5, 0.6) is 5.75 Å². The monoisotopic (exact) mass is 619 g/mol. The smallest absolute Gasteiger partial charge is 0.119 e. The minimum atomic E-state index is 0.343. The van der Waals surface area contributed by atoms with Gasteiger partial charge in [-0.15, -0.1) is 0 Å². The van der Waals surface area contributed by atoms with E-state index < -0.39 is 0 Å². The lowest BCUT2D eigenvalue weighted by Gasteiger charge is -2.01. The summed E-state index contributed by atoms with van der Waals surface area (Å²) in [4.78, 5) is 0. The lowest BCUT2D eigenvalue weighted by molar-refractivity contribution is 0.263. The number of epoxide rings is 1. The van der Waals surface area contributed by atoms with E-state index >= 15 is 0 Å². The SMILES string of the molecule is CC.CC.CC.CC.CC.CC.CC.CCC.CCC.Cc1ccccc1.c1ccc(OCC2CO2)cc1.c1ccccc1. The number of ether oxygens (including phenoxy) is 2. The molecule has 1 saturated heterocycles. The van der Waals surface area contributed by atoms with E-state index in [9.17, 15) is 0 Å². The van der Waals surface area contributed by atoms with Crippen LogP contribution in [0.3, 0.4) is 0 Å². The summed E-state index contributed by atoms with van der Waals surface area (Å²) in [6.07, 6.45) is 2.84. The Balaban J connectivity index is -0.0000000585. The van der Waals surface area contributed by atoms with Gasteiger partial charge in [0.25, 0.3) is 0 Å². The normalized spacial score (nSPS) is 9.57. The van der Waals surface area contributed by atoms with Crippen molar-refractivity contribution in [3.8, 4) is 5.75 Å². The molecule has 0 saturated carbocycles. The van der Waals surface area contributed by atoms with Crippen molar-refractivity contribution in [2.24, 2.45) is 0 Å². The van der Waals surface area contributed by atoms with Crippen LogP contribution in [-0.2, 0) is 4.74 Å². The second-order valence-electron chi connectivity index (χ2n) is 6.80. The van der Waals surface area contributed by atoms with E-state index in [1.807, 2.05) is 182 Å². The molecule has 0 radical (unpaired) electrons. The van der Waals surface area contributed by atoms with Gasteiger partial charge in [-0.05, 0) is 19.1 Å². The lowest BCUT2D eigenvalue weighted by atomic mass is 10.2.